The number of hydrogen-bond acceptors (Lipinski definition) is 8. The second kappa shape index (κ2) is 17.2. The molecule has 0 aromatic heterocycles. The first kappa shape index (κ1) is 26.1. The van der Waals surface area contributed by atoms with Crippen LogP contribution < -0.4 is 11.1 Å². The normalized spacial score (nSPS) is 10.6. The van der Waals surface area contributed by atoms with Crippen molar-refractivity contribution in [2.24, 2.45) is 5.73 Å². The Labute approximate surface area is 168 Å². The largest absolute Gasteiger partial charge is 0.462 e. The van der Waals surface area contributed by atoms with Crippen molar-refractivity contribution in [2.75, 3.05) is 45.9 Å². The van der Waals surface area contributed by atoms with Crippen molar-refractivity contribution in [3.63, 3.8) is 0 Å². The Morgan fingerprint density at radius 3 is 2.04 bits per heavy atom. The molecular formula is C19H37N3O6. The Morgan fingerprint density at radius 2 is 1.50 bits per heavy atom. The van der Waals surface area contributed by atoms with Crippen molar-refractivity contribution in [2.45, 2.75) is 59.0 Å². The number of nitrogens with zero attached hydrogens (tertiary/aromatic N) is 1. The molecule has 0 rings (SSSR count). The van der Waals surface area contributed by atoms with E-state index in [1.165, 1.54) is 13.8 Å². The standard InChI is InChI=1S/C19H37N3O6/c1-4-5-12-22(13-7-6-10-21-11-8-9-20)19(25)28-18(14-26-16(2)23)15-27-17(3)24/h18,21H,4-15,20H2,1-3H3. The zero-order valence-electron chi connectivity index (χ0n) is 17.5. The van der Waals surface area contributed by atoms with Gasteiger partial charge in [0.25, 0.3) is 0 Å². The van der Waals surface area contributed by atoms with Gasteiger partial charge >= 0.3 is 18.0 Å². The highest BCUT2D eigenvalue weighted by Gasteiger charge is 2.22. The molecule has 1 amide bonds. The molecule has 0 atom stereocenters. The van der Waals surface area contributed by atoms with E-state index in [4.69, 9.17) is 19.9 Å². The molecule has 0 aliphatic rings. The lowest BCUT2D eigenvalue weighted by Crippen LogP contribution is -2.39. The second-order valence-electron chi connectivity index (χ2n) is 6.55. The van der Waals surface area contributed by atoms with E-state index in [1.807, 2.05) is 0 Å². The Bertz CT molecular complexity index is 429. The molecular weight excluding hydrogens is 366 g/mol. The smallest absolute Gasteiger partial charge is 0.410 e. The maximum absolute atomic E-state index is 12.5. The molecule has 0 fully saturated rings. The fraction of sp³-hybridized carbons (Fsp3) is 0.842. The van der Waals surface area contributed by atoms with Gasteiger partial charge in [-0.25, -0.2) is 4.79 Å². The Kier molecular flexibility index (Phi) is 16.1. The molecule has 0 aromatic rings. The SMILES string of the molecule is CCCCN(CCCCNCCCN)C(=O)OC(COC(C)=O)COC(C)=O. The third kappa shape index (κ3) is 15.2. The van der Waals surface area contributed by atoms with Gasteiger partial charge in [-0.05, 0) is 45.3 Å². The summed E-state index contributed by atoms with van der Waals surface area (Å²) >= 11 is 0. The number of hydrogen-bond donors (Lipinski definition) is 2. The number of ether oxygens (including phenoxy) is 3. The van der Waals surface area contributed by atoms with Crippen LogP contribution in [0.25, 0.3) is 0 Å². The van der Waals surface area contributed by atoms with Crippen LogP contribution in [-0.4, -0.2) is 75.0 Å². The van der Waals surface area contributed by atoms with Gasteiger partial charge in [-0.3, -0.25) is 9.59 Å². The predicted molar refractivity (Wildman–Crippen MR) is 106 cm³/mol. The maximum Gasteiger partial charge on any atom is 0.410 e. The average molecular weight is 404 g/mol. The van der Waals surface area contributed by atoms with E-state index in [1.54, 1.807) is 4.90 Å². The van der Waals surface area contributed by atoms with Crippen molar-refractivity contribution in [3.8, 4) is 0 Å². The highest BCUT2D eigenvalue weighted by Crippen LogP contribution is 2.06. The fourth-order valence-corrected chi connectivity index (χ4v) is 2.30. The lowest BCUT2D eigenvalue weighted by atomic mass is 10.2. The molecule has 0 saturated carbocycles. The molecule has 164 valence electrons. The van der Waals surface area contributed by atoms with Gasteiger partial charge in [-0.2, -0.15) is 0 Å². The first-order valence-corrected chi connectivity index (χ1v) is 10.0. The number of nitrogens with one attached hydrogen (secondary N) is 1. The third-order valence-electron chi connectivity index (χ3n) is 3.84. The lowest BCUT2D eigenvalue weighted by molar-refractivity contribution is -0.150. The van der Waals surface area contributed by atoms with Crippen molar-refractivity contribution in [1.82, 2.24) is 10.2 Å². The minimum atomic E-state index is -0.831. The topological polar surface area (TPSA) is 120 Å². The minimum Gasteiger partial charge on any atom is -0.462 e. The van der Waals surface area contributed by atoms with Crippen LogP contribution >= 0.6 is 0 Å². The zero-order valence-corrected chi connectivity index (χ0v) is 17.5. The Balaban J connectivity index is 4.52. The van der Waals surface area contributed by atoms with Crippen LogP contribution in [0.3, 0.4) is 0 Å². The maximum atomic E-state index is 12.5. The highest BCUT2D eigenvalue weighted by atomic mass is 16.6. The van der Waals surface area contributed by atoms with Crippen LogP contribution in [0, 0.1) is 0 Å². The Hall–Kier alpha value is -1.87. The van der Waals surface area contributed by atoms with Gasteiger partial charge in [0.15, 0.2) is 6.10 Å². The molecule has 0 heterocycles. The van der Waals surface area contributed by atoms with E-state index >= 15 is 0 Å². The zero-order chi connectivity index (χ0) is 21.2. The summed E-state index contributed by atoms with van der Waals surface area (Å²) in [6.45, 7) is 7.88. The van der Waals surface area contributed by atoms with Crippen LogP contribution in [0.5, 0.6) is 0 Å². The number of carbonyl (C=O) groups excluding carboxylic acids is 3. The minimum absolute atomic E-state index is 0.152. The van der Waals surface area contributed by atoms with Crippen LogP contribution in [0.15, 0.2) is 0 Å². The molecule has 0 spiro atoms. The predicted octanol–water partition coefficient (Wildman–Crippen LogP) is 1.44. The summed E-state index contributed by atoms with van der Waals surface area (Å²) in [5.74, 6) is -0.984. The van der Waals surface area contributed by atoms with Crippen LogP contribution in [0.2, 0.25) is 0 Å². The Morgan fingerprint density at radius 1 is 0.929 bits per heavy atom. The quantitative estimate of drug-likeness (QED) is 0.226. The van der Waals surface area contributed by atoms with Crippen molar-refractivity contribution >= 4 is 18.0 Å². The van der Waals surface area contributed by atoms with Gasteiger partial charge < -0.3 is 30.2 Å². The summed E-state index contributed by atoms with van der Waals surface area (Å²) in [6, 6.07) is 0. The third-order valence-corrected chi connectivity index (χ3v) is 3.84. The summed E-state index contributed by atoms with van der Waals surface area (Å²) in [6.07, 6.45) is 3.21. The van der Waals surface area contributed by atoms with Gasteiger partial charge in [-0.1, -0.05) is 13.3 Å². The molecule has 0 bridgehead atoms. The molecule has 0 aliphatic heterocycles. The van der Waals surface area contributed by atoms with Crippen LogP contribution in [0.4, 0.5) is 4.79 Å². The molecule has 0 radical (unpaired) electrons. The summed E-state index contributed by atoms with van der Waals surface area (Å²) < 4.78 is 15.2. The summed E-state index contributed by atoms with van der Waals surface area (Å²) in [4.78, 5) is 36.2. The molecule has 28 heavy (non-hydrogen) atoms. The summed E-state index contributed by atoms with van der Waals surface area (Å²) in [5.41, 5.74) is 5.45. The van der Waals surface area contributed by atoms with Crippen molar-refractivity contribution < 1.29 is 28.6 Å². The van der Waals surface area contributed by atoms with Crippen LogP contribution in [0.1, 0.15) is 52.9 Å². The summed E-state index contributed by atoms with van der Waals surface area (Å²) in [7, 11) is 0. The van der Waals surface area contributed by atoms with Gasteiger partial charge in [0, 0.05) is 26.9 Å². The second-order valence-corrected chi connectivity index (χ2v) is 6.55. The monoisotopic (exact) mass is 403 g/mol. The van der Waals surface area contributed by atoms with Gasteiger partial charge in [0.05, 0.1) is 0 Å². The first-order valence-electron chi connectivity index (χ1n) is 10.0. The molecule has 9 nitrogen and oxygen atoms in total. The van der Waals surface area contributed by atoms with Crippen molar-refractivity contribution in [3.05, 3.63) is 0 Å². The molecule has 9 heteroatoms. The number of amides is 1. The van der Waals surface area contributed by atoms with E-state index in [2.05, 4.69) is 12.2 Å². The van der Waals surface area contributed by atoms with E-state index in [-0.39, 0.29) is 13.2 Å². The van der Waals surface area contributed by atoms with Crippen molar-refractivity contribution in [1.29, 1.82) is 0 Å². The van der Waals surface area contributed by atoms with E-state index < -0.39 is 24.1 Å². The molecule has 0 aromatic carbocycles. The lowest BCUT2D eigenvalue weighted by Gasteiger charge is -2.25. The molecule has 0 unspecified atom stereocenters. The number of unbranched alkanes of at least 4 members (excludes halogenated alkanes) is 2. The number of esters is 2. The number of carbonyl (C=O) groups is 3. The highest BCUT2D eigenvalue weighted by molar-refractivity contribution is 5.68. The number of rotatable bonds is 16. The van der Waals surface area contributed by atoms with E-state index in [0.717, 1.165) is 45.2 Å². The summed E-state index contributed by atoms with van der Waals surface area (Å²) in [5, 5.41) is 3.31. The van der Waals surface area contributed by atoms with Crippen LogP contribution in [-0.2, 0) is 23.8 Å². The molecule has 0 saturated heterocycles. The van der Waals surface area contributed by atoms with E-state index in [0.29, 0.717) is 19.6 Å². The number of nitrogens with two attached hydrogens (primary N) is 1. The molecule has 0 aliphatic carbocycles. The molecule has 3 N–H and O–H groups in total. The average Bonchev–Trinajstić information content (AvgIpc) is 2.65. The first-order chi connectivity index (χ1) is 13.4. The van der Waals surface area contributed by atoms with Gasteiger partial charge in [0.2, 0.25) is 0 Å². The van der Waals surface area contributed by atoms with Gasteiger partial charge in [0.1, 0.15) is 13.2 Å². The van der Waals surface area contributed by atoms with Gasteiger partial charge in [-0.15, -0.1) is 0 Å². The van der Waals surface area contributed by atoms with E-state index in [9.17, 15) is 14.4 Å². The fourth-order valence-electron chi connectivity index (χ4n) is 2.30.